The molecule has 1 aliphatic heterocycles. The van der Waals surface area contributed by atoms with Crippen LogP contribution in [0.1, 0.15) is 20.3 Å². The van der Waals surface area contributed by atoms with Crippen molar-refractivity contribution in [1.82, 2.24) is 0 Å². The highest BCUT2D eigenvalue weighted by Crippen LogP contribution is 2.35. The summed E-state index contributed by atoms with van der Waals surface area (Å²) in [6, 6.07) is 9.45. The molecule has 21 heavy (non-hydrogen) atoms. The van der Waals surface area contributed by atoms with Gasteiger partial charge < -0.3 is 9.47 Å². The van der Waals surface area contributed by atoms with E-state index in [4.69, 9.17) is 15.0 Å². The van der Waals surface area contributed by atoms with Crippen LogP contribution in [-0.2, 0) is 14.3 Å². The van der Waals surface area contributed by atoms with Crippen molar-refractivity contribution in [3.8, 4) is 0 Å². The average Bonchev–Trinajstić information content (AvgIpc) is 2.44. The van der Waals surface area contributed by atoms with Crippen molar-refractivity contribution in [2.45, 2.75) is 48.8 Å². The Labute approximate surface area is 127 Å². The predicted octanol–water partition coefficient (Wildman–Crippen LogP) is 3.52. The van der Waals surface area contributed by atoms with E-state index in [1.54, 1.807) is 0 Å². The number of carbonyl (C=O) groups is 1. The number of nitrogens with zero attached hydrogens (tertiary/aromatic N) is 3. The minimum Gasteiger partial charge on any atom is -0.459 e. The molecule has 0 spiro atoms. The number of thioether (sulfide) groups is 1. The van der Waals surface area contributed by atoms with E-state index in [0.717, 1.165) is 4.90 Å². The molecule has 6 nitrogen and oxygen atoms in total. The molecule has 112 valence electrons. The summed E-state index contributed by atoms with van der Waals surface area (Å²) >= 11 is 1.50. The summed E-state index contributed by atoms with van der Waals surface area (Å²) < 4.78 is 11.2. The zero-order valence-electron chi connectivity index (χ0n) is 11.9. The van der Waals surface area contributed by atoms with Gasteiger partial charge in [-0.25, -0.2) is 0 Å². The summed E-state index contributed by atoms with van der Waals surface area (Å²) in [5.41, 5.74) is 8.29. The topological polar surface area (TPSA) is 84.3 Å². The van der Waals surface area contributed by atoms with Crippen LogP contribution in [0.25, 0.3) is 10.4 Å². The molecule has 1 aliphatic rings. The van der Waals surface area contributed by atoms with E-state index >= 15 is 0 Å². The molecule has 1 aromatic carbocycles. The van der Waals surface area contributed by atoms with Crippen molar-refractivity contribution < 1.29 is 14.3 Å². The van der Waals surface area contributed by atoms with Crippen LogP contribution in [-0.4, -0.2) is 29.7 Å². The second kappa shape index (κ2) is 7.36. The predicted molar refractivity (Wildman–Crippen MR) is 79.7 cm³/mol. The first-order chi connectivity index (χ1) is 10.1. The fourth-order valence-corrected chi connectivity index (χ4v) is 3.32. The minimum atomic E-state index is -0.431. The molecule has 1 aromatic rings. The molecule has 1 fully saturated rings. The van der Waals surface area contributed by atoms with Crippen molar-refractivity contribution in [3.05, 3.63) is 40.8 Å². The summed E-state index contributed by atoms with van der Waals surface area (Å²) in [4.78, 5) is 15.1. The van der Waals surface area contributed by atoms with Gasteiger partial charge in [0.25, 0.3) is 0 Å². The average molecular weight is 307 g/mol. The monoisotopic (exact) mass is 307 g/mol. The Kier molecular flexibility index (Phi) is 5.50. The molecule has 2 rings (SSSR count). The van der Waals surface area contributed by atoms with Crippen LogP contribution in [0.15, 0.2) is 40.3 Å². The van der Waals surface area contributed by atoms with Crippen LogP contribution in [0, 0.1) is 0 Å². The van der Waals surface area contributed by atoms with Crippen molar-refractivity contribution in [1.29, 1.82) is 0 Å². The zero-order chi connectivity index (χ0) is 15.2. The molecule has 0 saturated carbocycles. The Morgan fingerprint density at radius 3 is 2.81 bits per heavy atom. The Balaban J connectivity index is 2.13. The normalized spacial score (nSPS) is 28.5. The van der Waals surface area contributed by atoms with E-state index in [2.05, 4.69) is 10.0 Å². The van der Waals surface area contributed by atoms with Crippen molar-refractivity contribution in [3.63, 3.8) is 0 Å². The first-order valence-electron chi connectivity index (χ1n) is 6.68. The van der Waals surface area contributed by atoms with Gasteiger partial charge in [-0.3, -0.25) is 4.79 Å². The first kappa shape index (κ1) is 15.7. The lowest BCUT2D eigenvalue weighted by Crippen LogP contribution is -2.45. The van der Waals surface area contributed by atoms with Gasteiger partial charge in [0.05, 0.1) is 12.1 Å². The molecule has 0 unspecified atom stereocenters. The largest absolute Gasteiger partial charge is 0.459 e. The number of carbonyl (C=O) groups excluding carboxylic acids is 1. The quantitative estimate of drug-likeness (QED) is 0.368. The number of ether oxygens (including phenoxy) is 2. The van der Waals surface area contributed by atoms with Crippen molar-refractivity contribution in [2.75, 3.05) is 0 Å². The number of benzene rings is 1. The number of rotatable bonds is 4. The van der Waals surface area contributed by atoms with E-state index in [0.29, 0.717) is 6.42 Å². The molecule has 0 bridgehead atoms. The molecule has 4 atom stereocenters. The molecule has 0 aromatic heterocycles. The molecule has 7 heteroatoms. The number of hydrogen-bond donors (Lipinski definition) is 0. The first-order valence-corrected chi connectivity index (χ1v) is 7.56. The highest BCUT2D eigenvalue weighted by molar-refractivity contribution is 7.99. The standard InChI is InChI=1S/C14H17N3O3S/c1-9-12(16-17-15)8-13(20-10(2)18)14(19-9)21-11-6-4-3-5-7-11/h3-7,9,12-14H,8H2,1-2H3/t9-,12+,13-,14-/m1/s1. The molecular formula is C14H17N3O3S. The fourth-order valence-electron chi connectivity index (χ4n) is 2.19. The molecule has 0 aliphatic carbocycles. The lowest BCUT2D eigenvalue weighted by molar-refractivity contribution is -0.159. The van der Waals surface area contributed by atoms with Crippen LogP contribution in [0.5, 0.6) is 0 Å². The van der Waals surface area contributed by atoms with E-state index in [1.807, 2.05) is 37.3 Å². The smallest absolute Gasteiger partial charge is 0.303 e. The second-order valence-corrected chi connectivity index (χ2v) is 5.97. The molecule has 0 amide bonds. The Bertz CT molecular complexity index is 534. The Morgan fingerprint density at radius 1 is 1.48 bits per heavy atom. The van der Waals surface area contributed by atoms with E-state index in [9.17, 15) is 4.79 Å². The van der Waals surface area contributed by atoms with Gasteiger partial charge in [0.2, 0.25) is 0 Å². The lowest BCUT2D eigenvalue weighted by atomic mass is 10.0. The second-order valence-electron chi connectivity index (χ2n) is 4.80. The van der Waals surface area contributed by atoms with Crippen LogP contribution >= 0.6 is 11.8 Å². The van der Waals surface area contributed by atoms with Gasteiger partial charge >= 0.3 is 5.97 Å². The van der Waals surface area contributed by atoms with Gasteiger partial charge in [-0.2, -0.15) is 0 Å². The fraction of sp³-hybridized carbons (Fsp3) is 0.500. The maximum atomic E-state index is 11.3. The van der Waals surface area contributed by atoms with Gasteiger partial charge in [0.1, 0.15) is 11.5 Å². The van der Waals surface area contributed by atoms with Crippen molar-refractivity contribution in [2.24, 2.45) is 5.11 Å². The third-order valence-electron chi connectivity index (χ3n) is 3.18. The van der Waals surface area contributed by atoms with Gasteiger partial charge in [-0.05, 0) is 31.0 Å². The Hall–Kier alpha value is -1.69. The van der Waals surface area contributed by atoms with Crippen LogP contribution in [0.3, 0.4) is 0 Å². The maximum Gasteiger partial charge on any atom is 0.303 e. The molecule has 0 radical (unpaired) electrons. The highest BCUT2D eigenvalue weighted by atomic mass is 32.2. The number of esters is 1. The van der Waals surface area contributed by atoms with E-state index < -0.39 is 6.10 Å². The van der Waals surface area contributed by atoms with Gasteiger partial charge in [-0.1, -0.05) is 35.1 Å². The summed E-state index contributed by atoms with van der Waals surface area (Å²) in [5, 5.41) is 3.72. The minimum absolute atomic E-state index is 0.214. The highest BCUT2D eigenvalue weighted by Gasteiger charge is 2.38. The third kappa shape index (κ3) is 4.39. The van der Waals surface area contributed by atoms with Gasteiger partial charge in [-0.15, -0.1) is 0 Å². The molecule has 0 N–H and O–H groups in total. The van der Waals surface area contributed by atoms with Crippen molar-refractivity contribution >= 4 is 17.7 Å². The molecular weight excluding hydrogens is 290 g/mol. The summed E-state index contributed by atoms with van der Waals surface area (Å²) in [7, 11) is 0. The summed E-state index contributed by atoms with van der Waals surface area (Å²) in [5.74, 6) is -0.364. The molecule has 1 saturated heterocycles. The van der Waals surface area contributed by atoms with Gasteiger partial charge in [0, 0.05) is 16.7 Å². The summed E-state index contributed by atoms with van der Waals surface area (Å²) in [6.07, 6.45) is -0.178. The van der Waals surface area contributed by atoms with E-state index in [1.165, 1.54) is 18.7 Å². The van der Waals surface area contributed by atoms with Crippen LogP contribution in [0.2, 0.25) is 0 Å². The maximum absolute atomic E-state index is 11.3. The third-order valence-corrected chi connectivity index (χ3v) is 4.37. The Morgan fingerprint density at radius 2 is 2.19 bits per heavy atom. The van der Waals surface area contributed by atoms with E-state index in [-0.39, 0.29) is 23.6 Å². The molecule has 1 heterocycles. The zero-order valence-corrected chi connectivity index (χ0v) is 12.7. The summed E-state index contributed by atoms with van der Waals surface area (Å²) in [6.45, 7) is 3.23. The SMILES string of the molecule is CC(=O)O[C@@H]1C[C@H](N=[N+]=[N-])[C@@H](C)O[C@@H]1Sc1ccccc1. The van der Waals surface area contributed by atoms with Crippen LogP contribution in [0.4, 0.5) is 0 Å². The lowest BCUT2D eigenvalue weighted by Gasteiger charge is -2.37. The number of hydrogen-bond acceptors (Lipinski definition) is 5. The van der Waals surface area contributed by atoms with Gasteiger partial charge in [0.15, 0.2) is 0 Å². The van der Waals surface area contributed by atoms with Crippen LogP contribution < -0.4 is 0 Å². The number of azide groups is 1.